The fraction of sp³-hybridized carbons (Fsp3) is 0. The Kier molecular flexibility index (Phi) is 4.22. The number of hydrogen-bond acceptors (Lipinski definition) is 3. The fourth-order valence-corrected chi connectivity index (χ4v) is 3.44. The maximum absolute atomic E-state index is 12.3. The Morgan fingerprint density at radius 3 is 2.48 bits per heavy atom. The minimum Gasteiger partial charge on any atom is -0.321 e. The number of nitrogens with zero attached hydrogens (tertiary/aromatic N) is 3. The van der Waals surface area contributed by atoms with Crippen LogP contribution in [0.2, 0.25) is 5.02 Å². The van der Waals surface area contributed by atoms with E-state index in [0.29, 0.717) is 10.6 Å². The second-order valence-corrected chi connectivity index (χ2v) is 7.14. The first-order valence-corrected chi connectivity index (χ1v) is 9.46. The number of anilines is 1. The van der Waals surface area contributed by atoms with E-state index in [4.69, 9.17) is 11.6 Å². The Balaban J connectivity index is 1.41. The van der Waals surface area contributed by atoms with Crippen LogP contribution >= 0.6 is 11.6 Å². The lowest BCUT2D eigenvalue weighted by atomic mass is 10.0. The molecule has 2 heterocycles. The zero-order valence-corrected chi connectivity index (χ0v) is 16.0. The Morgan fingerprint density at radius 1 is 0.931 bits per heavy atom. The van der Waals surface area contributed by atoms with Gasteiger partial charge in [0.1, 0.15) is 5.69 Å². The topological polar surface area (TPSA) is 59.8 Å². The monoisotopic (exact) mass is 398 g/mol. The van der Waals surface area contributed by atoms with Gasteiger partial charge in [0.25, 0.3) is 5.91 Å². The van der Waals surface area contributed by atoms with Crippen molar-refractivity contribution in [3.8, 4) is 16.9 Å². The van der Waals surface area contributed by atoms with E-state index in [0.717, 1.165) is 33.8 Å². The summed E-state index contributed by atoms with van der Waals surface area (Å²) in [5.74, 6) is -0.0822. The number of nitrogens with one attached hydrogen (secondary N) is 1. The maximum Gasteiger partial charge on any atom is 0.256 e. The number of rotatable bonds is 3. The van der Waals surface area contributed by atoms with E-state index >= 15 is 0 Å². The molecular formula is C23H15ClN4O. The number of amides is 1. The molecule has 6 heteroatoms. The van der Waals surface area contributed by atoms with Crippen molar-refractivity contribution in [1.82, 2.24) is 15.0 Å². The number of aromatic nitrogens is 3. The molecule has 4 aromatic rings. The van der Waals surface area contributed by atoms with E-state index in [1.807, 2.05) is 85.1 Å². The summed E-state index contributed by atoms with van der Waals surface area (Å²) in [6.45, 7) is 0. The highest BCUT2D eigenvalue weighted by Gasteiger charge is 2.23. The molecule has 140 valence electrons. The summed E-state index contributed by atoms with van der Waals surface area (Å²) in [6.07, 6.45) is 3.77. The molecule has 0 saturated heterocycles. The molecule has 29 heavy (non-hydrogen) atoms. The van der Waals surface area contributed by atoms with Gasteiger partial charge in [-0.25, -0.2) is 4.68 Å². The summed E-state index contributed by atoms with van der Waals surface area (Å²) in [4.78, 5) is 12.3. The number of carbonyl (C=O) groups excluding carboxylic acids is 1. The predicted molar refractivity (Wildman–Crippen MR) is 115 cm³/mol. The van der Waals surface area contributed by atoms with Crippen molar-refractivity contribution < 1.29 is 4.79 Å². The summed E-state index contributed by atoms with van der Waals surface area (Å²) < 4.78 is 1.71. The highest BCUT2D eigenvalue weighted by atomic mass is 35.5. The van der Waals surface area contributed by atoms with Crippen molar-refractivity contribution in [3.63, 3.8) is 0 Å². The quantitative estimate of drug-likeness (QED) is 0.489. The van der Waals surface area contributed by atoms with E-state index in [-0.39, 0.29) is 5.91 Å². The average molecular weight is 399 g/mol. The number of fused-ring (bicyclic) bond motifs is 1. The predicted octanol–water partition coefficient (Wildman–Crippen LogP) is 5.08. The number of carbonyl (C=O) groups is 1. The summed E-state index contributed by atoms with van der Waals surface area (Å²) in [5.41, 5.74) is 5.99. The Labute approximate surface area is 172 Å². The van der Waals surface area contributed by atoms with Crippen LogP contribution in [0.4, 0.5) is 5.69 Å². The molecule has 0 saturated carbocycles. The normalized spacial score (nSPS) is 14.1. The third-order valence-electron chi connectivity index (χ3n) is 4.81. The van der Waals surface area contributed by atoms with Crippen molar-refractivity contribution in [2.24, 2.45) is 0 Å². The average Bonchev–Trinajstić information content (AvgIpc) is 3.35. The van der Waals surface area contributed by atoms with Crippen LogP contribution in [-0.2, 0) is 4.79 Å². The molecule has 0 atom stereocenters. The number of para-hydroxylation sites is 1. The van der Waals surface area contributed by atoms with Gasteiger partial charge >= 0.3 is 0 Å². The van der Waals surface area contributed by atoms with Gasteiger partial charge in [-0.2, -0.15) is 0 Å². The second kappa shape index (κ2) is 7.04. The molecule has 5 nitrogen and oxygen atoms in total. The summed E-state index contributed by atoms with van der Waals surface area (Å²) in [5, 5.41) is 12.0. The second-order valence-electron chi connectivity index (χ2n) is 6.70. The first kappa shape index (κ1) is 17.4. The molecule has 0 aliphatic carbocycles. The van der Waals surface area contributed by atoms with Crippen LogP contribution in [0.1, 0.15) is 11.1 Å². The fourth-order valence-electron chi connectivity index (χ4n) is 3.32. The molecule has 0 radical (unpaired) electrons. The van der Waals surface area contributed by atoms with E-state index in [1.54, 1.807) is 4.68 Å². The molecule has 0 fully saturated rings. The van der Waals surface area contributed by atoms with Gasteiger partial charge in [0, 0.05) is 27.4 Å². The van der Waals surface area contributed by atoms with Gasteiger partial charge in [-0.15, -0.1) is 5.10 Å². The van der Waals surface area contributed by atoms with E-state index in [9.17, 15) is 4.79 Å². The van der Waals surface area contributed by atoms with Crippen LogP contribution in [0.3, 0.4) is 0 Å². The zero-order chi connectivity index (χ0) is 19.8. The SMILES string of the molecule is O=C1Nc2ccccc2/C1=C/c1ccc(-c2cn(-c3ccc(Cl)cc3)nn2)cc1. The summed E-state index contributed by atoms with van der Waals surface area (Å²) >= 11 is 5.94. The number of benzene rings is 3. The smallest absolute Gasteiger partial charge is 0.256 e. The van der Waals surface area contributed by atoms with Gasteiger partial charge in [0.2, 0.25) is 0 Å². The van der Waals surface area contributed by atoms with Gasteiger partial charge in [0.05, 0.1) is 11.9 Å². The molecule has 1 amide bonds. The lowest BCUT2D eigenvalue weighted by Crippen LogP contribution is -2.03. The van der Waals surface area contributed by atoms with Crippen molar-refractivity contribution >= 4 is 34.8 Å². The Hall–Kier alpha value is -3.70. The lowest BCUT2D eigenvalue weighted by molar-refractivity contribution is -0.110. The lowest BCUT2D eigenvalue weighted by Gasteiger charge is -2.01. The van der Waals surface area contributed by atoms with Crippen molar-refractivity contribution in [2.75, 3.05) is 5.32 Å². The molecule has 0 unspecified atom stereocenters. The van der Waals surface area contributed by atoms with Gasteiger partial charge in [0.15, 0.2) is 0 Å². The van der Waals surface area contributed by atoms with Gasteiger partial charge < -0.3 is 5.32 Å². The minimum absolute atomic E-state index is 0.0822. The highest BCUT2D eigenvalue weighted by molar-refractivity contribution is 6.34. The Morgan fingerprint density at radius 2 is 1.69 bits per heavy atom. The van der Waals surface area contributed by atoms with Crippen LogP contribution in [0.5, 0.6) is 0 Å². The van der Waals surface area contributed by atoms with Crippen molar-refractivity contribution in [1.29, 1.82) is 0 Å². The zero-order valence-electron chi connectivity index (χ0n) is 15.2. The molecule has 1 N–H and O–H groups in total. The van der Waals surface area contributed by atoms with Gasteiger partial charge in [-0.1, -0.05) is 59.3 Å². The van der Waals surface area contributed by atoms with Crippen LogP contribution in [0, 0.1) is 0 Å². The van der Waals surface area contributed by atoms with Crippen molar-refractivity contribution in [2.45, 2.75) is 0 Å². The van der Waals surface area contributed by atoms with Crippen LogP contribution in [0.15, 0.2) is 79.0 Å². The molecular weight excluding hydrogens is 384 g/mol. The van der Waals surface area contributed by atoms with Crippen LogP contribution in [0.25, 0.3) is 28.6 Å². The minimum atomic E-state index is -0.0822. The third kappa shape index (κ3) is 3.32. The van der Waals surface area contributed by atoms with E-state index in [2.05, 4.69) is 15.6 Å². The van der Waals surface area contributed by atoms with E-state index in [1.165, 1.54) is 0 Å². The van der Waals surface area contributed by atoms with Gasteiger partial charge in [-0.05, 0) is 42.0 Å². The molecule has 5 rings (SSSR count). The summed E-state index contributed by atoms with van der Waals surface area (Å²) in [6, 6.07) is 23.0. The van der Waals surface area contributed by atoms with Crippen molar-refractivity contribution in [3.05, 3.63) is 95.1 Å². The molecule has 3 aromatic carbocycles. The van der Waals surface area contributed by atoms with Crippen LogP contribution < -0.4 is 5.32 Å². The number of halogens is 1. The molecule has 1 aliphatic rings. The maximum atomic E-state index is 12.3. The Bertz CT molecular complexity index is 1240. The summed E-state index contributed by atoms with van der Waals surface area (Å²) in [7, 11) is 0. The van der Waals surface area contributed by atoms with Crippen LogP contribution in [-0.4, -0.2) is 20.9 Å². The molecule has 0 bridgehead atoms. The largest absolute Gasteiger partial charge is 0.321 e. The standard InChI is InChI=1S/C23H15ClN4O/c24-17-9-11-18(12-10-17)28-14-22(26-27-28)16-7-5-15(6-8-16)13-20-19-3-1-2-4-21(19)25-23(20)29/h1-14H,(H,25,29)/b20-13-. The molecule has 1 aliphatic heterocycles. The first-order valence-electron chi connectivity index (χ1n) is 9.08. The van der Waals surface area contributed by atoms with Gasteiger partial charge in [-0.3, -0.25) is 4.79 Å². The molecule has 1 aromatic heterocycles. The highest BCUT2D eigenvalue weighted by Crippen LogP contribution is 2.32. The molecule has 0 spiro atoms. The first-order chi connectivity index (χ1) is 14.2. The number of hydrogen-bond donors (Lipinski definition) is 1. The van der Waals surface area contributed by atoms with E-state index < -0.39 is 0 Å². The third-order valence-corrected chi connectivity index (χ3v) is 5.06.